The fourth-order valence-corrected chi connectivity index (χ4v) is 1.62. The van der Waals surface area contributed by atoms with Crippen LogP contribution in [0.25, 0.3) is 0 Å². The summed E-state index contributed by atoms with van der Waals surface area (Å²) in [4.78, 5) is 15.2. The van der Waals surface area contributed by atoms with Gasteiger partial charge >= 0.3 is 0 Å². The molecule has 5 nitrogen and oxygen atoms in total. The number of pyridine rings is 1. The first-order valence-electron chi connectivity index (χ1n) is 5.60. The summed E-state index contributed by atoms with van der Waals surface area (Å²) in [6.07, 6.45) is 1.36. The van der Waals surface area contributed by atoms with E-state index in [4.69, 9.17) is 11.5 Å². The smallest absolute Gasteiger partial charge is 0.250 e. The van der Waals surface area contributed by atoms with Gasteiger partial charge in [0.05, 0.1) is 17.4 Å². The van der Waals surface area contributed by atoms with Crippen LogP contribution >= 0.6 is 0 Å². The largest absolute Gasteiger partial charge is 0.397 e. The minimum Gasteiger partial charge on any atom is -0.397 e. The van der Waals surface area contributed by atoms with Crippen LogP contribution in [0, 0.1) is 5.82 Å². The van der Waals surface area contributed by atoms with Crippen molar-refractivity contribution in [2.45, 2.75) is 6.54 Å². The minimum absolute atomic E-state index is 0.205. The fourth-order valence-electron chi connectivity index (χ4n) is 1.62. The van der Waals surface area contributed by atoms with Crippen molar-refractivity contribution in [2.75, 3.05) is 11.1 Å². The van der Waals surface area contributed by atoms with Gasteiger partial charge in [-0.25, -0.2) is 9.37 Å². The van der Waals surface area contributed by atoms with Crippen LogP contribution in [0.2, 0.25) is 0 Å². The van der Waals surface area contributed by atoms with Crippen molar-refractivity contribution in [3.8, 4) is 0 Å². The Morgan fingerprint density at radius 3 is 2.84 bits per heavy atom. The Bertz CT molecular complexity index is 615. The number of primary amides is 1. The van der Waals surface area contributed by atoms with E-state index in [-0.39, 0.29) is 17.1 Å². The first-order valence-corrected chi connectivity index (χ1v) is 5.60. The van der Waals surface area contributed by atoms with Gasteiger partial charge in [0.25, 0.3) is 5.91 Å². The van der Waals surface area contributed by atoms with Crippen molar-refractivity contribution in [3.63, 3.8) is 0 Å². The second-order valence-corrected chi connectivity index (χ2v) is 4.00. The molecule has 0 bridgehead atoms. The SMILES string of the molecule is NC(=O)c1cc(NCc2cccc(F)c2)ncc1N. The van der Waals surface area contributed by atoms with Gasteiger partial charge in [0.15, 0.2) is 0 Å². The highest BCUT2D eigenvalue weighted by Crippen LogP contribution is 2.15. The Kier molecular flexibility index (Phi) is 3.61. The molecule has 0 aliphatic rings. The number of nitrogen functional groups attached to an aromatic ring is 1. The van der Waals surface area contributed by atoms with Crippen molar-refractivity contribution in [2.24, 2.45) is 5.73 Å². The van der Waals surface area contributed by atoms with Gasteiger partial charge in [-0.1, -0.05) is 12.1 Å². The van der Waals surface area contributed by atoms with Crippen LogP contribution in [0.5, 0.6) is 0 Å². The molecule has 0 saturated heterocycles. The molecule has 0 fully saturated rings. The Labute approximate surface area is 109 Å². The van der Waals surface area contributed by atoms with Gasteiger partial charge in [-0.05, 0) is 23.8 Å². The molecule has 0 spiro atoms. The second kappa shape index (κ2) is 5.34. The minimum atomic E-state index is -0.617. The van der Waals surface area contributed by atoms with E-state index in [0.717, 1.165) is 5.56 Å². The second-order valence-electron chi connectivity index (χ2n) is 4.00. The average molecular weight is 260 g/mol. The molecular formula is C13H13FN4O. The summed E-state index contributed by atoms with van der Waals surface area (Å²) in [5.74, 6) is -0.469. The lowest BCUT2D eigenvalue weighted by atomic mass is 10.2. The van der Waals surface area contributed by atoms with E-state index in [2.05, 4.69) is 10.3 Å². The van der Waals surface area contributed by atoms with Crippen molar-refractivity contribution in [3.05, 3.63) is 53.5 Å². The lowest BCUT2D eigenvalue weighted by Gasteiger charge is -2.08. The Morgan fingerprint density at radius 2 is 2.16 bits per heavy atom. The zero-order valence-electron chi connectivity index (χ0n) is 10.1. The first kappa shape index (κ1) is 12.8. The number of hydrogen-bond donors (Lipinski definition) is 3. The predicted octanol–water partition coefficient (Wildman–Crippen LogP) is 1.51. The zero-order chi connectivity index (χ0) is 13.8. The topological polar surface area (TPSA) is 94.0 Å². The van der Waals surface area contributed by atoms with Gasteiger partial charge in [0, 0.05) is 6.54 Å². The monoisotopic (exact) mass is 260 g/mol. The van der Waals surface area contributed by atoms with Crippen molar-refractivity contribution in [1.29, 1.82) is 0 Å². The van der Waals surface area contributed by atoms with Crippen molar-refractivity contribution < 1.29 is 9.18 Å². The molecule has 19 heavy (non-hydrogen) atoms. The summed E-state index contributed by atoms with van der Waals surface area (Å²) >= 11 is 0. The van der Waals surface area contributed by atoms with E-state index in [1.807, 2.05) is 0 Å². The number of amides is 1. The molecule has 0 aliphatic heterocycles. The van der Waals surface area contributed by atoms with Crippen LogP contribution in [0.3, 0.4) is 0 Å². The normalized spacial score (nSPS) is 10.2. The molecule has 6 heteroatoms. The Morgan fingerprint density at radius 1 is 1.37 bits per heavy atom. The van der Waals surface area contributed by atoms with E-state index < -0.39 is 5.91 Å². The molecule has 1 aromatic carbocycles. The van der Waals surface area contributed by atoms with Gasteiger partial charge < -0.3 is 16.8 Å². The molecule has 1 aromatic heterocycles. The van der Waals surface area contributed by atoms with E-state index >= 15 is 0 Å². The van der Waals surface area contributed by atoms with Crippen LogP contribution in [-0.2, 0) is 6.54 Å². The third-order valence-corrected chi connectivity index (χ3v) is 2.56. The van der Waals surface area contributed by atoms with Gasteiger partial charge in [0.2, 0.25) is 0 Å². The molecule has 0 radical (unpaired) electrons. The highest BCUT2D eigenvalue weighted by Gasteiger charge is 2.07. The summed E-state index contributed by atoms with van der Waals surface area (Å²) in [7, 11) is 0. The predicted molar refractivity (Wildman–Crippen MR) is 70.9 cm³/mol. The lowest BCUT2D eigenvalue weighted by molar-refractivity contribution is 0.100. The van der Waals surface area contributed by atoms with Crippen LogP contribution in [-0.4, -0.2) is 10.9 Å². The average Bonchev–Trinajstić information content (AvgIpc) is 2.37. The number of nitrogens with one attached hydrogen (secondary N) is 1. The van der Waals surface area contributed by atoms with Gasteiger partial charge in [0.1, 0.15) is 11.6 Å². The van der Waals surface area contributed by atoms with Gasteiger partial charge in [-0.15, -0.1) is 0 Å². The third kappa shape index (κ3) is 3.19. The molecule has 5 N–H and O–H groups in total. The van der Waals surface area contributed by atoms with E-state index in [1.165, 1.54) is 24.4 Å². The van der Waals surface area contributed by atoms with Crippen molar-refractivity contribution in [1.82, 2.24) is 4.98 Å². The number of carbonyl (C=O) groups is 1. The molecule has 0 unspecified atom stereocenters. The molecule has 2 rings (SSSR count). The standard InChI is InChI=1S/C13H13FN4O/c14-9-3-1-2-8(4-9)6-17-12-5-10(13(16)19)11(15)7-18-12/h1-5,7H,6,15H2,(H2,16,19)(H,17,18). The summed E-state index contributed by atoms with van der Waals surface area (Å²) in [5, 5.41) is 2.97. The molecule has 0 saturated carbocycles. The van der Waals surface area contributed by atoms with Crippen LogP contribution in [0.15, 0.2) is 36.5 Å². The number of hydrogen-bond acceptors (Lipinski definition) is 4. The number of carbonyl (C=O) groups excluding carboxylic acids is 1. The maximum atomic E-state index is 13.0. The number of benzene rings is 1. The number of aromatic nitrogens is 1. The quantitative estimate of drug-likeness (QED) is 0.776. The molecular weight excluding hydrogens is 247 g/mol. The fraction of sp³-hybridized carbons (Fsp3) is 0.0769. The molecule has 1 heterocycles. The zero-order valence-corrected chi connectivity index (χ0v) is 10.1. The molecule has 2 aromatic rings. The first-order chi connectivity index (χ1) is 9.06. The number of nitrogens with zero attached hydrogens (tertiary/aromatic N) is 1. The Balaban J connectivity index is 2.12. The molecule has 98 valence electrons. The van der Waals surface area contributed by atoms with E-state index in [9.17, 15) is 9.18 Å². The molecule has 0 aliphatic carbocycles. The van der Waals surface area contributed by atoms with E-state index in [0.29, 0.717) is 12.4 Å². The van der Waals surface area contributed by atoms with Gasteiger partial charge in [-0.2, -0.15) is 0 Å². The molecule has 0 atom stereocenters. The maximum Gasteiger partial charge on any atom is 0.250 e. The maximum absolute atomic E-state index is 13.0. The Hall–Kier alpha value is -2.63. The number of anilines is 2. The highest BCUT2D eigenvalue weighted by atomic mass is 19.1. The summed E-state index contributed by atoms with van der Waals surface area (Å²) < 4.78 is 13.0. The van der Waals surface area contributed by atoms with Crippen LogP contribution in [0.1, 0.15) is 15.9 Å². The lowest BCUT2D eigenvalue weighted by Crippen LogP contribution is -2.14. The van der Waals surface area contributed by atoms with Crippen LogP contribution < -0.4 is 16.8 Å². The number of nitrogens with two attached hydrogens (primary N) is 2. The summed E-state index contributed by atoms with van der Waals surface area (Å²) in [5.41, 5.74) is 12.0. The van der Waals surface area contributed by atoms with Crippen molar-refractivity contribution >= 4 is 17.4 Å². The number of rotatable bonds is 4. The number of halogens is 1. The summed E-state index contributed by atoms with van der Waals surface area (Å²) in [6.45, 7) is 0.382. The molecule has 1 amide bonds. The highest BCUT2D eigenvalue weighted by molar-refractivity contribution is 5.98. The summed E-state index contributed by atoms with van der Waals surface area (Å²) in [6, 6.07) is 7.66. The van der Waals surface area contributed by atoms with Crippen LogP contribution in [0.4, 0.5) is 15.9 Å². The van der Waals surface area contributed by atoms with Gasteiger partial charge in [-0.3, -0.25) is 4.79 Å². The third-order valence-electron chi connectivity index (χ3n) is 2.56. The van der Waals surface area contributed by atoms with E-state index in [1.54, 1.807) is 12.1 Å².